The highest BCUT2D eigenvalue weighted by atomic mass is 32.2. The van der Waals surface area contributed by atoms with Gasteiger partial charge in [0.1, 0.15) is 10.5 Å². The smallest absolute Gasteiger partial charge is 0.203 e. The van der Waals surface area contributed by atoms with Crippen molar-refractivity contribution in [3.8, 4) is 22.3 Å². The van der Waals surface area contributed by atoms with Crippen molar-refractivity contribution in [3.63, 3.8) is 0 Å². The highest BCUT2D eigenvalue weighted by Crippen LogP contribution is 2.26. The molecule has 0 saturated carbocycles. The quantitative estimate of drug-likeness (QED) is 0.364. The average molecular weight is 274 g/mol. The fourth-order valence-electron chi connectivity index (χ4n) is 1.31. The lowest BCUT2D eigenvalue weighted by Gasteiger charge is -2.01. The molecule has 0 aliphatic heterocycles. The summed E-state index contributed by atoms with van der Waals surface area (Å²) in [5.41, 5.74) is 1.57. The molecular weight excluding hydrogens is 264 g/mol. The first-order valence-corrected chi connectivity index (χ1v) is 6.75. The molecule has 0 saturated heterocycles. The molecular formula is C12H10N4S2. The Kier molecular flexibility index (Phi) is 4.14. The Hall–Kier alpha value is -1.63. The van der Waals surface area contributed by atoms with Crippen LogP contribution in [0.5, 0.6) is 0 Å². The van der Waals surface area contributed by atoms with Crippen LogP contribution in [-0.4, -0.2) is 19.5 Å². The van der Waals surface area contributed by atoms with Gasteiger partial charge in [-0.2, -0.15) is 4.98 Å². The van der Waals surface area contributed by atoms with Crippen molar-refractivity contribution in [1.29, 1.82) is 0 Å². The molecule has 2 aromatic rings. The minimum absolute atomic E-state index is 0.607. The molecule has 0 atom stereocenters. The van der Waals surface area contributed by atoms with E-state index in [1.165, 1.54) is 23.5 Å². The van der Waals surface area contributed by atoms with Crippen LogP contribution >= 0.6 is 23.5 Å². The van der Waals surface area contributed by atoms with Gasteiger partial charge in [0.15, 0.2) is 5.65 Å². The maximum atomic E-state index is 4.46. The molecule has 4 nitrogen and oxygen atoms in total. The van der Waals surface area contributed by atoms with Crippen LogP contribution in [0.4, 0.5) is 0 Å². The molecule has 0 fully saturated rings. The molecule has 0 unspecified atom stereocenters. The van der Waals surface area contributed by atoms with Gasteiger partial charge in [-0.3, -0.25) is 0 Å². The van der Waals surface area contributed by atoms with Gasteiger partial charge >= 0.3 is 0 Å². The minimum Gasteiger partial charge on any atom is -0.330 e. The Bertz CT molecular complexity index is 698. The molecule has 2 rings (SSSR count). The Morgan fingerprint density at radius 2 is 1.83 bits per heavy atom. The van der Waals surface area contributed by atoms with Crippen molar-refractivity contribution in [3.05, 3.63) is 6.33 Å². The summed E-state index contributed by atoms with van der Waals surface area (Å²) in [5, 5.41) is 7.25. The van der Waals surface area contributed by atoms with Crippen LogP contribution in [0, 0.1) is 22.3 Å². The van der Waals surface area contributed by atoms with Crippen LogP contribution in [0.25, 0.3) is 11.2 Å². The summed E-state index contributed by atoms with van der Waals surface area (Å²) >= 11 is 2.68. The van der Waals surface area contributed by atoms with Gasteiger partial charge in [-0.1, -0.05) is 11.8 Å². The first-order valence-electron chi connectivity index (χ1n) is 5.12. The van der Waals surface area contributed by atoms with Gasteiger partial charge in [-0.15, -0.1) is 0 Å². The predicted molar refractivity (Wildman–Crippen MR) is 74.9 cm³/mol. The molecule has 90 valence electrons. The number of rotatable bonds is 2. The first kappa shape index (κ1) is 12.8. The minimum atomic E-state index is 0.607. The van der Waals surface area contributed by atoms with Gasteiger partial charge in [0, 0.05) is 18.8 Å². The van der Waals surface area contributed by atoms with Crippen LogP contribution in [0.15, 0.2) is 16.5 Å². The number of thioether (sulfide) groups is 2. The van der Waals surface area contributed by atoms with Crippen LogP contribution in [-0.2, 0) is 7.05 Å². The molecule has 0 amide bonds. The highest BCUT2D eigenvalue weighted by Gasteiger charge is 2.12. The first-order chi connectivity index (χ1) is 8.76. The second-order valence-corrected chi connectivity index (χ2v) is 4.82. The van der Waals surface area contributed by atoms with E-state index in [9.17, 15) is 0 Å². The summed E-state index contributed by atoms with van der Waals surface area (Å²) in [6.45, 7) is 3.58. The maximum Gasteiger partial charge on any atom is 0.203 e. The van der Waals surface area contributed by atoms with Crippen LogP contribution in [0.3, 0.4) is 0 Å². The molecule has 0 radical (unpaired) electrons. The van der Waals surface area contributed by atoms with E-state index in [4.69, 9.17) is 0 Å². The lowest BCUT2D eigenvalue weighted by molar-refractivity contribution is 0.890. The fraction of sp³-hybridized carbons (Fsp3) is 0.250. The number of aryl methyl sites for hydroxylation is 1. The third-order valence-electron chi connectivity index (χ3n) is 2.01. The van der Waals surface area contributed by atoms with E-state index in [2.05, 4.69) is 37.3 Å². The third kappa shape index (κ3) is 2.61. The third-order valence-corrected chi connectivity index (χ3v) is 3.47. The van der Waals surface area contributed by atoms with E-state index < -0.39 is 0 Å². The van der Waals surface area contributed by atoms with Crippen LogP contribution < -0.4 is 0 Å². The molecule has 0 spiro atoms. The molecule has 0 aromatic carbocycles. The summed E-state index contributed by atoms with van der Waals surface area (Å²) in [4.78, 5) is 13.1. The zero-order valence-corrected chi connectivity index (χ0v) is 11.8. The van der Waals surface area contributed by atoms with E-state index in [0.29, 0.717) is 10.8 Å². The van der Waals surface area contributed by atoms with E-state index in [1.807, 2.05) is 11.6 Å². The number of nitrogens with zero attached hydrogens (tertiary/aromatic N) is 4. The summed E-state index contributed by atoms with van der Waals surface area (Å²) in [5.74, 6) is 5.65. The van der Waals surface area contributed by atoms with E-state index in [0.717, 1.165) is 10.5 Å². The van der Waals surface area contributed by atoms with Gasteiger partial charge in [-0.25, -0.2) is 9.97 Å². The molecule has 0 N–H and O–H groups in total. The van der Waals surface area contributed by atoms with Crippen LogP contribution in [0.2, 0.25) is 0 Å². The van der Waals surface area contributed by atoms with E-state index >= 15 is 0 Å². The van der Waals surface area contributed by atoms with E-state index in [1.54, 1.807) is 20.2 Å². The van der Waals surface area contributed by atoms with Crippen LogP contribution in [0.1, 0.15) is 13.8 Å². The lowest BCUT2D eigenvalue weighted by atomic mass is 10.5. The lowest BCUT2D eigenvalue weighted by Crippen LogP contribution is -1.94. The molecule has 2 aromatic heterocycles. The summed E-state index contributed by atoms with van der Waals surface area (Å²) < 4.78 is 1.90. The SMILES string of the molecule is CC#CSc1nc(SC#CC)c2c(ncn2C)n1. The Morgan fingerprint density at radius 1 is 1.11 bits per heavy atom. The second-order valence-electron chi connectivity index (χ2n) is 3.25. The Labute approximate surface area is 114 Å². The summed E-state index contributed by atoms with van der Waals surface area (Å²) in [6.07, 6.45) is 1.72. The van der Waals surface area contributed by atoms with Crippen molar-refractivity contribution in [2.24, 2.45) is 7.05 Å². The molecule has 18 heavy (non-hydrogen) atoms. The van der Waals surface area contributed by atoms with Gasteiger partial charge < -0.3 is 4.57 Å². The second kappa shape index (κ2) is 5.81. The molecule has 0 bridgehead atoms. The number of hydrogen-bond acceptors (Lipinski definition) is 5. The van der Waals surface area contributed by atoms with Gasteiger partial charge in [-0.05, 0) is 36.1 Å². The predicted octanol–water partition coefficient (Wildman–Crippen LogP) is 2.51. The van der Waals surface area contributed by atoms with Crippen molar-refractivity contribution in [1.82, 2.24) is 19.5 Å². The van der Waals surface area contributed by atoms with Gasteiger partial charge in [0.2, 0.25) is 5.16 Å². The van der Waals surface area contributed by atoms with Crippen molar-refractivity contribution in [2.45, 2.75) is 24.0 Å². The standard InChI is InChI=1S/C12H10N4S2/c1-4-6-17-11-9-10(13-8-16(9)3)14-12(15-11)18-7-5-2/h8H,1-3H3. The zero-order chi connectivity index (χ0) is 13.0. The van der Waals surface area contributed by atoms with Gasteiger partial charge in [0.05, 0.1) is 6.33 Å². The molecule has 6 heteroatoms. The topological polar surface area (TPSA) is 43.6 Å². The normalized spacial score (nSPS) is 9.50. The monoisotopic (exact) mass is 274 g/mol. The zero-order valence-electron chi connectivity index (χ0n) is 10.2. The number of imidazole rings is 1. The van der Waals surface area contributed by atoms with E-state index in [-0.39, 0.29) is 0 Å². The average Bonchev–Trinajstić information content (AvgIpc) is 2.75. The molecule has 2 heterocycles. The number of aromatic nitrogens is 4. The fourth-order valence-corrected chi connectivity index (χ4v) is 2.50. The maximum absolute atomic E-state index is 4.46. The Balaban J connectivity index is 2.55. The van der Waals surface area contributed by atoms with Crippen molar-refractivity contribution < 1.29 is 0 Å². The van der Waals surface area contributed by atoms with Crippen molar-refractivity contribution >= 4 is 34.7 Å². The summed E-state index contributed by atoms with van der Waals surface area (Å²) in [6, 6.07) is 0. The number of fused-ring (bicyclic) bond motifs is 1. The Morgan fingerprint density at radius 3 is 2.56 bits per heavy atom. The summed E-state index contributed by atoms with van der Waals surface area (Å²) in [7, 11) is 1.92. The van der Waals surface area contributed by atoms with Gasteiger partial charge in [0.25, 0.3) is 0 Å². The molecule has 0 aliphatic rings. The molecule has 0 aliphatic carbocycles. The largest absolute Gasteiger partial charge is 0.330 e. The highest BCUT2D eigenvalue weighted by molar-refractivity contribution is 8.04. The van der Waals surface area contributed by atoms with Crippen molar-refractivity contribution in [2.75, 3.05) is 0 Å². The number of hydrogen-bond donors (Lipinski definition) is 0.